The van der Waals surface area contributed by atoms with Gasteiger partial charge in [0.1, 0.15) is 17.5 Å². The first kappa shape index (κ1) is 12.1. The minimum atomic E-state index is -0.167. The van der Waals surface area contributed by atoms with Gasteiger partial charge >= 0.3 is 0 Å². The quantitative estimate of drug-likeness (QED) is 0.719. The van der Waals surface area contributed by atoms with Crippen LogP contribution in [0.1, 0.15) is 38.4 Å². The van der Waals surface area contributed by atoms with Crippen LogP contribution < -0.4 is 11.1 Å². The van der Waals surface area contributed by atoms with Crippen LogP contribution in [0, 0.1) is 5.41 Å². The first-order valence-electron chi connectivity index (χ1n) is 5.99. The summed E-state index contributed by atoms with van der Waals surface area (Å²) in [5.41, 5.74) is 5.59. The molecule has 0 atom stereocenters. The van der Waals surface area contributed by atoms with Crippen molar-refractivity contribution >= 4 is 11.6 Å². The van der Waals surface area contributed by atoms with Crippen LogP contribution in [-0.2, 0) is 0 Å². The standard InChI is InChI=1S/C12H20N4O/c1-12(2,7-17)6-14-10-5-9(13)15-11(16-10)8-3-4-8/h5,8,17H,3-4,6-7H2,1-2H3,(H3,13,14,15,16). The van der Waals surface area contributed by atoms with E-state index in [4.69, 9.17) is 5.73 Å². The van der Waals surface area contributed by atoms with Gasteiger partial charge in [0, 0.05) is 30.6 Å². The highest BCUT2D eigenvalue weighted by Crippen LogP contribution is 2.38. The van der Waals surface area contributed by atoms with Gasteiger partial charge in [-0.3, -0.25) is 0 Å². The molecule has 2 rings (SSSR count). The van der Waals surface area contributed by atoms with Gasteiger partial charge in [-0.2, -0.15) is 0 Å². The van der Waals surface area contributed by atoms with Crippen LogP contribution in [0.4, 0.5) is 11.6 Å². The molecule has 0 amide bonds. The van der Waals surface area contributed by atoms with Crippen molar-refractivity contribution in [2.45, 2.75) is 32.6 Å². The van der Waals surface area contributed by atoms with Gasteiger partial charge in [0.05, 0.1) is 0 Å². The molecule has 0 radical (unpaired) electrons. The summed E-state index contributed by atoms with van der Waals surface area (Å²) in [5.74, 6) is 2.59. The third-order valence-corrected chi connectivity index (χ3v) is 2.88. The van der Waals surface area contributed by atoms with Crippen molar-refractivity contribution in [2.75, 3.05) is 24.2 Å². The second-order valence-corrected chi connectivity index (χ2v) is 5.49. The summed E-state index contributed by atoms with van der Waals surface area (Å²) in [7, 11) is 0. The molecule has 0 saturated heterocycles. The average Bonchev–Trinajstić information content (AvgIpc) is 3.10. The smallest absolute Gasteiger partial charge is 0.136 e. The van der Waals surface area contributed by atoms with Crippen molar-refractivity contribution in [3.63, 3.8) is 0 Å². The van der Waals surface area contributed by atoms with E-state index in [0.29, 0.717) is 18.3 Å². The van der Waals surface area contributed by atoms with E-state index in [1.807, 2.05) is 13.8 Å². The maximum atomic E-state index is 9.18. The Morgan fingerprint density at radius 2 is 2.18 bits per heavy atom. The molecule has 5 heteroatoms. The van der Waals surface area contributed by atoms with Crippen molar-refractivity contribution in [3.8, 4) is 0 Å². The van der Waals surface area contributed by atoms with Gasteiger partial charge in [-0.05, 0) is 12.8 Å². The van der Waals surface area contributed by atoms with Gasteiger partial charge in [-0.25, -0.2) is 9.97 Å². The van der Waals surface area contributed by atoms with Gasteiger partial charge in [0.2, 0.25) is 0 Å². The number of aromatic nitrogens is 2. The summed E-state index contributed by atoms with van der Waals surface area (Å²) < 4.78 is 0. The Kier molecular flexibility index (Phi) is 3.19. The summed E-state index contributed by atoms with van der Waals surface area (Å²) >= 11 is 0. The fourth-order valence-corrected chi connectivity index (χ4v) is 1.49. The van der Waals surface area contributed by atoms with E-state index in [1.54, 1.807) is 6.07 Å². The highest BCUT2D eigenvalue weighted by molar-refractivity contribution is 5.45. The Morgan fingerprint density at radius 1 is 1.47 bits per heavy atom. The molecule has 1 aliphatic rings. The van der Waals surface area contributed by atoms with Gasteiger partial charge in [-0.15, -0.1) is 0 Å². The normalized spacial score (nSPS) is 15.9. The fraction of sp³-hybridized carbons (Fsp3) is 0.667. The molecule has 17 heavy (non-hydrogen) atoms. The summed E-state index contributed by atoms with van der Waals surface area (Å²) in [6.07, 6.45) is 2.32. The lowest BCUT2D eigenvalue weighted by molar-refractivity contribution is 0.170. The lowest BCUT2D eigenvalue weighted by Crippen LogP contribution is -2.27. The summed E-state index contributed by atoms with van der Waals surface area (Å²) in [6, 6.07) is 1.74. The molecule has 1 aromatic rings. The molecule has 4 N–H and O–H groups in total. The van der Waals surface area contributed by atoms with Crippen molar-refractivity contribution in [1.29, 1.82) is 0 Å². The maximum absolute atomic E-state index is 9.18. The topological polar surface area (TPSA) is 84.1 Å². The van der Waals surface area contributed by atoms with Gasteiger partial charge in [-0.1, -0.05) is 13.8 Å². The molecule has 5 nitrogen and oxygen atoms in total. The predicted octanol–water partition coefficient (Wildman–Crippen LogP) is 1.37. The van der Waals surface area contributed by atoms with Crippen molar-refractivity contribution < 1.29 is 5.11 Å². The summed E-state index contributed by atoms with van der Waals surface area (Å²) in [4.78, 5) is 8.69. The Bertz CT molecular complexity index is 401. The van der Waals surface area contributed by atoms with E-state index in [1.165, 1.54) is 0 Å². The number of rotatable bonds is 5. The molecule has 0 spiro atoms. The molecule has 1 saturated carbocycles. The van der Waals surface area contributed by atoms with Gasteiger partial charge in [0.25, 0.3) is 0 Å². The van der Waals surface area contributed by atoms with Crippen LogP contribution in [0.2, 0.25) is 0 Å². The summed E-state index contributed by atoms with van der Waals surface area (Å²) in [5, 5.41) is 12.4. The lowest BCUT2D eigenvalue weighted by atomic mass is 9.95. The Hall–Kier alpha value is -1.36. The Morgan fingerprint density at radius 3 is 2.76 bits per heavy atom. The van der Waals surface area contributed by atoms with Gasteiger partial charge in [0.15, 0.2) is 0 Å². The number of nitrogens with zero attached hydrogens (tertiary/aromatic N) is 2. The van der Waals surface area contributed by atoms with Crippen LogP contribution in [-0.4, -0.2) is 28.2 Å². The summed E-state index contributed by atoms with van der Waals surface area (Å²) in [6.45, 7) is 4.78. The van der Waals surface area contributed by atoms with Crippen LogP contribution in [0.5, 0.6) is 0 Å². The molecule has 0 aromatic carbocycles. The minimum Gasteiger partial charge on any atom is -0.396 e. The van der Waals surface area contributed by atoms with Crippen LogP contribution in [0.3, 0.4) is 0 Å². The van der Waals surface area contributed by atoms with Crippen LogP contribution >= 0.6 is 0 Å². The average molecular weight is 236 g/mol. The monoisotopic (exact) mass is 236 g/mol. The molecule has 1 heterocycles. The third kappa shape index (κ3) is 3.30. The second-order valence-electron chi connectivity index (χ2n) is 5.49. The maximum Gasteiger partial charge on any atom is 0.136 e. The predicted molar refractivity (Wildman–Crippen MR) is 67.8 cm³/mol. The zero-order valence-corrected chi connectivity index (χ0v) is 10.4. The van der Waals surface area contributed by atoms with Crippen LogP contribution in [0.15, 0.2) is 6.07 Å². The largest absolute Gasteiger partial charge is 0.396 e. The Labute approximate surface area is 101 Å². The molecule has 0 aliphatic heterocycles. The molecule has 0 bridgehead atoms. The number of aliphatic hydroxyl groups excluding tert-OH is 1. The van der Waals surface area contributed by atoms with Crippen molar-refractivity contribution in [1.82, 2.24) is 9.97 Å². The van der Waals surface area contributed by atoms with Crippen molar-refractivity contribution in [3.05, 3.63) is 11.9 Å². The van der Waals surface area contributed by atoms with Gasteiger partial charge < -0.3 is 16.2 Å². The molecular formula is C12H20N4O. The highest BCUT2D eigenvalue weighted by atomic mass is 16.3. The number of hydrogen-bond acceptors (Lipinski definition) is 5. The second kappa shape index (κ2) is 4.49. The molecule has 1 aromatic heterocycles. The molecule has 94 valence electrons. The van der Waals surface area contributed by atoms with E-state index in [2.05, 4.69) is 15.3 Å². The van der Waals surface area contributed by atoms with E-state index in [0.717, 1.165) is 24.5 Å². The zero-order chi connectivity index (χ0) is 12.5. The van der Waals surface area contributed by atoms with Crippen molar-refractivity contribution in [2.24, 2.45) is 5.41 Å². The number of nitrogen functional groups attached to an aromatic ring is 1. The van der Waals surface area contributed by atoms with E-state index in [-0.39, 0.29) is 12.0 Å². The molecule has 0 unspecified atom stereocenters. The fourth-order valence-electron chi connectivity index (χ4n) is 1.49. The third-order valence-electron chi connectivity index (χ3n) is 2.88. The van der Waals surface area contributed by atoms with E-state index < -0.39 is 0 Å². The Balaban J connectivity index is 2.05. The number of aliphatic hydroxyl groups is 1. The van der Waals surface area contributed by atoms with E-state index >= 15 is 0 Å². The van der Waals surface area contributed by atoms with Crippen LogP contribution in [0.25, 0.3) is 0 Å². The number of anilines is 2. The first-order chi connectivity index (χ1) is 8.00. The molecule has 1 fully saturated rings. The molecular weight excluding hydrogens is 216 g/mol. The number of nitrogens with two attached hydrogens (primary N) is 1. The molecule has 1 aliphatic carbocycles. The zero-order valence-electron chi connectivity index (χ0n) is 10.4. The highest BCUT2D eigenvalue weighted by Gasteiger charge is 2.27. The SMILES string of the molecule is CC(C)(CO)CNc1cc(N)nc(C2CC2)n1. The number of hydrogen-bond donors (Lipinski definition) is 3. The number of nitrogens with one attached hydrogen (secondary N) is 1. The van der Waals surface area contributed by atoms with E-state index in [9.17, 15) is 5.11 Å². The first-order valence-corrected chi connectivity index (χ1v) is 5.99. The minimum absolute atomic E-state index is 0.135. The lowest BCUT2D eigenvalue weighted by Gasteiger charge is -2.22.